The van der Waals surface area contributed by atoms with Gasteiger partial charge in [-0.3, -0.25) is 4.79 Å². The highest BCUT2D eigenvalue weighted by Crippen LogP contribution is 2.23. The first-order chi connectivity index (χ1) is 6.08. The number of nitrogens with zero attached hydrogens (tertiary/aromatic N) is 3. The molecule has 0 fully saturated rings. The van der Waals surface area contributed by atoms with Gasteiger partial charge in [-0.25, -0.2) is 0 Å². The van der Waals surface area contributed by atoms with Gasteiger partial charge >= 0.3 is 5.97 Å². The quantitative estimate of drug-likeness (QED) is 0.748. The van der Waals surface area contributed by atoms with Gasteiger partial charge in [0.15, 0.2) is 0 Å². The van der Waals surface area contributed by atoms with Crippen molar-refractivity contribution in [2.75, 3.05) is 0 Å². The fourth-order valence-electron chi connectivity index (χ4n) is 1.04. The van der Waals surface area contributed by atoms with E-state index in [1.54, 1.807) is 11.5 Å². The maximum Gasteiger partial charge on any atom is 0.311 e. The minimum absolute atomic E-state index is 0.409. The van der Waals surface area contributed by atoms with Crippen LogP contribution in [0, 0.1) is 5.41 Å². The summed E-state index contributed by atoms with van der Waals surface area (Å²) < 4.78 is 1.68. The lowest BCUT2D eigenvalue weighted by atomic mass is 9.88. The highest BCUT2D eigenvalue weighted by atomic mass is 16.4. The number of carboxylic acids is 1. The van der Waals surface area contributed by atoms with E-state index in [1.807, 2.05) is 6.92 Å². The van der Waals surface area contributed by atoms with Gasteiger partial charge < -0.3 is 9.67 Å². The summed E-state index contributed by atoms with van der Waals surface area (Å²) in [5.74, 6) is -0.788. The lowest BCUT2D eigenvalue weighted by Crippen LogP contribution is -2.31. The van der Waals surface area contributed by atoms with Crippen molar-refractivity contribution in [3.63, 3.8) is 0 Å². The molecule has 1 aromatic heterocycles. The molecule has 0 saturated carbocycles. The number of aromatic nitrogens is 3. The van der Waals surface area contributed by atoms with Gasteiger partial charge in [-0.1, -0.05) is 6.92 Å². The standard InChI is InChI=1S/C8H13N3O2/c1-3-8(2,7(12)13)4-11-5-9-10-6-11/h5-6H,3-4H2,1-2H3,(H,12,13). The smallest absolute Gasteiger partial charge is 0.311 e. The number of carbonyl (C=O) groups is 1. The molecule has 1 atom stereocenters. The maximum atomic E-state index is 10.9. The predicted molar refractivity (Wildman–Crippen MR) is 46.1 cm³/mol. The van der Waals surface area contributed by atoms with Gasteiger partial charge in [0.05, 0.1) is 5.41 Å². The van der Waals surface area contributed by atoms with E-state index in [4.69, 9.17) is 5.11 Å². The van der Waals surface area contributed by atoms with Gasteiger partial charge in [-0.05, 0) is 13.3 Å². The van der Waals surface area contributed by atoms with E-state index in [0.29, 0.717) is 13.0 Å². The van der Waals surface area contributed by atoms with E-state index >= 15 is 0 Å². The van der Waals surface area contributed by atoms with Crippen LogP contribution in [0.1, 0.15) is 20.3 Å². The minimum atomic E-state index is -0.788. The van der Waals surface area contributed by atoms with Gasteiger partial charge in [0.2, 0.25) is 0 Å². The Labute approximate surface area is 76.4 Å². The first-order valence-electron chi connectivity index (χ1n) is 4.14. The normalized spacial score (nSPS) is 15.2. The zero-order valence-electron chi connectivity index (χ0n) is 7.77. The maximum absolute atomic E-state index is 10.9. The third kappa shape index (κ3) is 2.05. The van der Waals surface area contributed by atoms with Gasteiger partial charge in [0, 0.05) is 6.54 Å². The Morgan fingerprint density at radius 2 is 2.08 bits per heavy atom. The number of hydrogen-bond donors (Lipinski definition) is 1. The van der Waals surface area contributed by atoms with Crippen LogP contribution in [-0.2, 0) is 11.3 Å². The molecule has 0 aliphatic heterocycles. The summed E-state index contributed by atoms with van der Waals surface area (Å²) >= 11 is 0. The largest absolute Gasteiger partial charge is 0.481 e. The van der Waals surface area contributed by atoms with E-state index in [1.165, 1.54) is 12.7 Å². The number of rotatable bonds is 4. The van der Waals surface area contributed by atoms with Gasteiger partial charge in [-0.15, -0.1) is 10.2 Å². The Morgan fingerprint density at radius 1 is 1.54 bits per heavy atom. The minimum Gasteiger partial charge on any atom is -0.481 e. The fraction of sp³-hybridized carbons (Fsp3) is 0.625. The molecule has 0 radical (unpaired) electrons. The van der Waals surface area contributed by atoms with Crippen molar-refractivity contribution in [2.24, 2.45) is 5.41 Å². The average molecular weight is 183 g/mol. The van der Waals surface area contributed by atoms with E-state index in [0.717, 1.165) is 0 Å². The molecule has 1 aromatic rings. The van der Waals surface area contributed by atoms with Gasteiger partial charge in [0.25, 0.3) is 0 Å². The third-order valence-corrected chi connectivity index (χ3v) is 2.29. The summed E-state index contributed by atoms with van der Waals surface area (Å²) in [7, 11) is 0. The molecule has 5 heteroatoms. The van der Waals surface area contributed by atoms with Crippen LogP contribution in [0.15, 0.2) is 12.7 Å². The molecular weight excluding hydrogens is 170 g/mol. The molecule has 1 unspecified atom stereocenters. The van der Waals surface area contributed by atoms with Crippen LogP contribution < -0.4 is 0 Å². The Balaban J connectivity index is 2.75. The Kier molecular flexibility index (Phi) is 2.65. The molecule has 1 N–H and O–H groups in total. The molecule has 13 heavy (non-hydrogen) atoms. The van der Waals surface area contributed by atoms with Crippen molar-refractivity contribution in [2.45, 2.75) is 26.8 Å². The molecule has 0 amide bonds. The van der Waals surface area contributed by atoms with E-state index < -0.39 is 11.4 Å². The molecule has 0 aliphatic carbocycles. The van der Waals surface area contributed by atoms with Gasteiger partial charge in [0.1, 0.15) is 12.7 Å². The van der Waals surface area contributed by atoms with Crippen molar-refractivity contribution in [3.8, 4) is 0 Å². The lowest BCUT2D eigenvalue weighted by Gasteiger charge is -2.22. The van der Waals surface area contributed by atoms with Crippen molar-refractivity contribution in [1.82, 2.24) is 14.8 Å². The third-order valence-electron chi connectivity index (χ3n) is 2.29. The van der Waals surface area contributed by atoms with Crippen LogP contribution in [0.25, 0.3) is 0 Å². The molecule has 1 rings (SSSR count). The summed E-state index contributed by atoms with van der Waals surface area (Å²) in [4.78, 5) is 10.9. The summed E-state index contributed by atoms with van der Waals surface area (Å²) in [6.45, 7) is 3.99. The van der Waals surface area contributed by atoms with Crippen LogP contribution in [0.5, 0.6) is 0 Å². The number of aliphatic carboxylic acids is 1. The van der Waals surface area contributed by atoms with E-state index in [-0.39, 0.29) is 0 Å². The van der Waals surface area contributed by atoms with E-state index in [9.17, 15) is 4.79 Å². The SMILES string of the molecule is CCC(C)(Cn1cnnc1)C(=O)O. The second-order valence-electron chi connectivity index (χ2n) is 3.35. The highest BCUT2D eigenvalue weighted by Gasteiger charge is 2.31. The predicted octanol–water partition coefficient (Wildman–Crippen LogP) is 0.779. The van der Waals surface area contributed by atoms with Crippen LogP contribution in [0.4, 0.5) is 0 Å². The molecule has 0 saturated heterocycles. The van der Waals surface area contributed by atoms with Gasteiger partial charge in [-0.2, -0.15) is 0 Å². The summed E-state index contributed by atoms with van der Waals surface area (Å²) in [5.41, 5.74) is -0.734. The molecule has 1 heterocycles. The lowest BCUT2D eigenvalue weighted by molar-refractivity contribution is -0.149. The molecule has 0 aliphatic rings. The second-order valence-corrected chi connectivity index (χ2v) is 3.35. The van der Waals surface area contributed by atoms with Crippen molar-refractivity contribution >= 4 is 5.97 Å². The summed E-state index contributed by atoms with van der Waals surface area (Å²) in [5, 5.41) is 16.2. The fourth-order valence-corrected chi connectivity index (χ4v) is 1.04. The summed E-state index contributed by atoms with van der Waals surface area (Å²) in [6, 6.07) is 0. The monoisotopic (exact) mass is 183 g/mol. The van der Waals surface area contributed by atoms with Crippen LogP contribution >= 0.6 is 0 Å². The molecule has 0 spiro atoms. The van der Waals surface area contributed by atoms with Crippen molar-refractivity contribution in [3.05, 3.63) is 12.7 Å². The number of carboxylic acid groups (broad SMARTS) is 1. The average Bonchev–Trinajstić information content (AvgIpc) is 2.56. The Hall–Kier alpha value is -1.39. The molecular formula is C8H13N3O2. The zero-order chi connectivity index (χ0) is 9.90. The number of hydrogen-bond acceptors (Lipinski definition) is 3. The van der Waals surface area contributed by atoms with E-state index in [2.05, 4.69) is 10.2 Å². The summed E-state index contributed by atoms with van der Waals surface area (Å²) in [6.07, 6.45) is 3.63. The van der Waals surface area contributed by atoms with Crippen molar-refractivity contribution < 1.29 is 9.90 Å². The first kappa shape index (κ1) is 9.70. The van der Waals surface area contributed by atoms with Crippen molar-refractivity contribution in [1.29, 1.82) is 0 Å². The van der Waals surface area contributed by atoms with Crippen LogP contribution in [-0.4, -0.2) is 25.8 Å². The Bertz CT molecular complexity index is 284. The second kappa shape index (κ2) is 3.55. The molecule has 0 bridgehead atoms. The molecule has 72 valence electrons. The molecule has 0 aromatic carbocycles. The molecule has 5 nitrogen and oxygen atoms in total. The van der Waals surface area contributed by atoms with Crippen LogP contribution in [0.2, 0.25) is 0 Å². The zero-order valence-corrected chi connectivity index (χ0v) is 7.77. The first-order valence-corrected chi connectivity index (χ1v) is 4.14. The highest BCUT2D eigenvalue weighted by molar-refractivity contribution is 5.73. The topological polar surface area (TPSA) is 68.0 Å². The van der Waals surface area contributed by atoms with Crippen LogP contribution in [0.3, 0.4) is 0 Å². The Morgan fingerprint density at radius 3 is 2.46 bits per heavy atom.